The summed E-state index contributed by atoms with van der Waals surface area (Å²) < 4.78 is 0. The van der Waals surface area contributed by atoms with Crippen LogP contribution in [0.15, 0.2) is 29.2 Å². The molecule has 1 aliphatic heterocycles. The summed E-state index contributed by atoms with van der Waals surface area (Å²) in [5.74, 6) is -1.84. The van der Waals surface area contributed by atoms with Gasteiger partial charge in [0.2, 0.25) is 5.91 Å². The van der Waals surface area contributed by atoms with Crippen molar-refractivity contribution in [2.24, 2.45) is 0 Å². The average molecular weight is 485 g/mol. The van der Waals surface area contributed by atoms with E-state index < -0.39 is 29.6 Å². The second-order valence-electron chi connectivity index (χ2n) is 8.35. The van der Waals surface area contributed by atoms with E-state index in [9.17, 15) is 29.1 Å². The van der Waals surface area contributed by atoms with Gasteiger partial charge in [0.1, 0.15) is 11.9 Å². The number of carboxylic acids is 1. The maximum atomic E-state index is 12.9. The Balaban J connectivity index is 1.76. The third-order valence-electron chi connectivity index (χ3n) is 5.87. The number of aryl methyl sites for hydroxylation is 2. The van der Waals surface area contributed by atoms with Crippen LogP contribution in [-0.2, 0) is 16.0 Å². The molecule has 1 aliphatic rings. The number of benzene rings is 1. The van der Waals surface area contributed by atoms with Crippen LogP contribution >= 0.6 is 0 Å². The standard InChI is InChI=1S/C23H28N6O6/c1-13-5-4-6-14(2)18(13)20(31)26-19-16(12-24-22(34)27-19)11-17(21(32)33)25-23(35)29-9-7-28(8-10-29)15(3)30/h4-6,12,17H,7-11H2,1-3H3,(H,25,35)(H,32,33)(H2,24,26,27,31,34). The summed E-state index contributed by atoms with van der Waals surface area (Å²) >= 11 is 0. The SMILES string of the molecule is CC(=O)N1CCN(C(=O)NC(Cc2cnc(=O)[nH]c2NC(=O)c2c(C)cccc2C)C(=O)O)CC1. The van der Waals surface area contributed by atoms with Crippen molar-refractivity contribution in [2.75, 3.05) is 31.5 Å². The summed E-state index contributed by atoms with van der Waals surface area (Å²) in [6.45, 7) is 6.28. The lowest BCUT2D eigenvalue weighted by molar-refractivity contribution is -0.139. The van der Waals surface area contributed by atoms with E-state index >= 15 is 0 Å². The van der Waals surface area contributed by atoms with Gasteiger partial charge in [0, 0.05) is 56.8 Å². The molecule has 1 saturated heterocycles. The highest BCUT2D eigenvalue weighted by molar-refractivity contribution is 6.06. The van der Waals surface area contributed by atoms with Crippen LogP contribution in [0.1, 0.15) is 34.0 Å². The quantitative estimate of drug-likeness (QED) is 0.464. The van der Waals surface area contributed by atoms with Crippen molar-refractivity contribution < 1.29 is 24.3 Å². The zero-order valence-electron chi connectivity index (χ0n) is 19.8. The van der Waals surface area contributed by atoms with Crippen LogP contribution in [0.5, 0.6) is 0 Å². The third kappa shape index (κ3) is 6.22. The van der Waals surface area contributed by atoms with E-state index in [0.29, 0.717) is 18.7 Å². The molecule has 1 aromatic heterocycles. The first-order valence-corrected chi connectivity index (χ1v) is 11.1. The number of aliphatic carboxylic acids is 1. The minimum atomic E-state index is -1.35. The third-order valence-corrected chi connectivity index (χ3v) is 5.87. The molecule has 4 amide bonds. The van der Waals surface area contributed by atoms with Crippen molar-refractivity contribution in [1.82, 2.24) is 25.1 Å². The fourth-order valence-corrected chi connectivity index (χ4v) is 3.92. The fraction of sp³-hybridized carbons (Fsp3) is 0.391. The molecule has 2 heterocycles. The van der Waals surface area contributed by atoms with Crippen LogP contribution in [0.4, 0.5) is 10.6 Å². The van der Waals surface area contributed by atoms with Crippen molar-refractivity contribution in [3.8, 4) is 0 Å². The minimum absolute atomic E-state index is 0.00762. The summed E-state index contributed by atoms with van der Waals surface area (Å²) in [5, 5.41) is 14.8. The summed E-state index contributed by atoms with van der Waals surface area (Å²) in [5.41, 5.74) is 1.42. The highest BCUT2D eigenvalue weighted by Gasteiger charge is 2.28. The number of aromatic amines is 1. The largest absolute Gasteiger partial charge is 0.480 e. The van der Waals surface area contributed by atoms with Crippen LogP contribution in [0.2, 0.25) is 0 Å². The van der Waals surface area contributed by atoms with Gasteiger partial charge in [-0.1, -0.05) is 18.2 Å². The number of carbonyl (C=O) groups is 4. The number of rotatable bonds is 6. The highest BCUT2D eigenvalue weighted by Crippen LogP contribution is 2.18. The Bertz CT molecular complexity index is 1180. The maximum Gasteiger partial charge on any atom is 0.346 e. The fourth-order valence-electron chi connectivity index (χ4n) is 3.92. The zero-order valence-corrected chi connectivity index (χ0v) is 19.8. The minimum Gasteiger partial charge on any atom is -0.480 e. The van der Waals surface area contributed by atoms with Gasteiger partial charge in [0.05, 0.1) is 0 Å². The molecule has 186 valence electrons. The molecular weight excluding hydrogens is 456 g/mol. The van der Waals surface area contributed by atoms with Gasteiger partial charge in [0.15, 0.2) is 0 Å². The molecular formula is C23H28N6O6. The molecule has 0 radical (unpaired) electrons. The molecule has 3 rings (SSSR count). The van der Waals surface area contributed by atoms with Gasteiger partial charge in [-0.05, 0) is 25.0 Å². The van der Waals surface area contributed by atoms with Crippen LogP contribution < -0.4 is 16.3 Å². The lowest BCUT2D eigenvalue weighted by Gasteiger charge is -2.34. The molecule has 0 bridgehead atoms. The van der Waals surface area contributed by atoms with Gasteiger partial charge >= 0.3 is 17.7 Å². The van der Waals surface area contributed by atoms with Gasteiger partial charge in [-0.25, -0.2) is 19.4 Å². The van der Waals surface area contributed by atoms with E-state index in [4.69, 9.17) is 0 Å². The van der Waals surface area contributed by atoms with E-state index in [1.165, 1.54) is 18.0 Å². The van der Waals surface area contributed by atoms with Crippen LogP contribution in [-0.4, -0.2) is 80.9 Å². The van der Waals surface area contributed by atoms with Gasteiger partial charge in [-0.3, -0.25) is 14.6 Å². The molecule has 0 spiro atoms. The number of amides is 4. The first-order chi connectivity index (χ1) is 16.6. The predicted molar refractivity (Wildman–Crippen MR) is 126 cm³/mol. The number of carboxylic acid groups (broad SMARTS) is 1. The summed E-state index contributed by atoms with van der Waals surface area (Å²) in [6.07, 6.45) is 0.938. The maximum absolute atomic E-state index is 12.9. The molecule has 1 fully saturated rings. The molecule has 4 N–H and O–H groups in total. The average Bonchev–Trinajstić information content (AvgIpc) is 2.80. The molecule has 35 heavy (non-hydrogen) atoms. The van der Waals surface area contributed by atoms with Gasteiger partial charge in [-0.2, -0.15) is 0 Å². The number of nitrogens with zero attached hydrogens (tertiary/aromatic N) is 3. The lowest BCUT2D eigenvalue weighted by atomic mass is 10.0. The van der Waals surface area contributed by atoms with Crippen molar-refractivity contribution in [2.45, 2.75) is 33.2 Å². The van der Waals surface area contributed by atoms with E-state index in [-0.39, 0.29) is 36.8 Å². The number of piperazine rings is 1. The Morgan fingerprint density at radius 2 is 1.69 bits per heavy atom. The number of anilines is 1. The Hall–Kier alpha value is -4.22. The Morgan fingerprint density at radius 1 is 1.09 bits per heavy atom. The van der Waals surface area contributed by atoms with E-state index in [1.807, 2.05) is 6.07 Å². The van der Waals surface area contributed by atoms with Gasteiger partial charge in [-0.15, -0.1) is 0 Å². The Labute approximate surface area is 201 Å². The first kappa shape index (κ1) is 25.4. The van der Waals surface area contributed by atoms with Gasteiger partial charge in [0.25, 0.3) is 5.91 Å². The Kier molecular flexibility index (Phi) is 7.84. The van der Waals surface area contributed by atoms with Crippen molar-refractivity contribution in [3.63, 3.8) is 0 Å². The lowest BCUT2D eigenvalue weighted by Crippen LogP contribution is -2.55. The molecule has 2 aromatic rings. The number of carbonyl (C=O) groups excluding carboxylic acids is 3. The van der Waals surface area contributed by atoms with Gasteiger partial charge < -0.3 is 25.5 Å². The molecule has 0 saturated carbocycles. The normalized spacial score (nSPS) is 14.3. The number of H-pyrrole nitrogens is 1. The molecule has 12 nitrogen and oxygen atoms in total. The van der Waals surface area contributed by atoms with E-state index in [0.717, 1.165) is 11.1 Å². The summed E-state index contributed by atoms with van der Waals surface area (Å²) in [6, 6.07) is 3.45. The topological polar surface area (TPSA) is 165 Å². The monoisotopic (exact) mass is 484 g/mol. The molecule has 12 heteroatoms. The second-order valence-corrected chi connectivity index (χ2v) is 8.35. The molecule has 1 atom stereocenters. The number of hydrogen-bond acceptors (Lipinski definition) is 6. The number of aromatic nitrogens is 2. The molecule has 0 aliphatic carbocycles. The predicted octanol–water partition coefficient (Wildman–Crippen LogP) is 0.508. The van der Waals surface area contributed by atoms with Crippen molar-refractivity contribution in [3.05, 3.63) is 57.1 Å². The van der Waals surface area contributed by atoms with Crippen LogP contribution in [0, 0.1) is 13.8 Å². The second kappa shape index (κ2) is 10.8. The summed E-state index contributed by atoms with van der Waals surface area (Å²) in [4.78, 5) is 69.9. The van der Waals surface area contributed by atoms with Crippen molar-refractivity contribution >= 4 is 29.6 Å². The first-order valence-electron chi connectivity index (χ1n) is 11.1. The van der Waals surface area contributed by atoms with E-state index in [2.05, 4.69) is 20.6 Å². The van der Waals surface area contributed by atoms with Crippen molar-refractivity contribution in [1.29, 1.82) is 0 Å². The van der Waals surface area contributed by atoms with Crippen LogP contribution in [0.25, 0.3) is 0 Å². The molecule has 1 aromatic carbocycles. The smallest absolute Gasteiger partial charge is 0.346 e. The number of nitrogens with one attached hydrogen (secondary N) is 3. The van der Waals surface area contributed by atoms with E-state index in [1.54, 1.807) is 30.9 Å². The highest BCUT2D eigenvalue weighted by atomic mass is 16.4. The Morgan fingerprint density at radius 3 is 2.26 bits per heavy atom. The summed E-state index contributed by atoms with van der Waals surface area (Å²) in [7, 11) is 0. The number of hydrogen-bond donors (Lipinski definition) is 4. The van der Waals surface area contributed by atoms with Crippen LogP contribution in [0.3, 0.4) is 0 Å². The molecule has 1 unspecified atom stereocenters. The zero-order chi connectivity index (χ0) is 25.7. The number of urea groups is 1.